The standard InChI is InChI=1S/C11H14O3S.Na/c12-15(13)11(6-7-11)9-14-8-10-4-2-1-3-5-10;/h1-5,15H,6-9H2;. The van der Waals surface area contributed by atoms with Crippen LogP contribution in [0.3, 0.4) is 0 Å². The third-order valence-corrected chi connectivity index (χ3v) is 4.05. The van der Waals surface area contributed by atoms with Crippen molar-refractivity contribution in [2.75, 3.05) is 6.61 Å². The van der Waals surface area contributed by atoms with Gasteiger partial charge in [0.2, 0.25) is 0 Å². The molecule has 2 rings (SSSR count). The number of thiol groups is 1. The van der Waals surface area contributed by atoms with E-state index in [4.69, 9.17) is 4.74 Å². The summed E-state index contributed by atoms with van der Waals surface area (Å²) in [5.41, 5.74) is 1.08. The molecule has 0 atom stereocenters. The van der Waals surface area contributed by atoms with E-state index < -0.39 is 15.5 Å². The molecule has 1 radical (unpaired) electrons. The fourth-order valence-corrected chi connectivity index (χ4v) is 2.13. The summed E-state index contributed by atoms with van der Waals surface area (Å²) < 4.78 is 26.7. The Morgan fingerprint density at radius 1 is 1.19 bits per heavy atom. The van der Waals surface area contributed by atoms with Gasteiger partial charge in [0, 0.05) is 29.6 Å². The molecule has 0 aliphatic heterocycles. The van der Waals surface area contributed by atoms with Gasteiger partial charge in [0.05, 0.1) is 18.0 Å². The van der Waals surface area contributed by atoms with Gasteiger partial charge in [-0.15, -0.1) is 0 Å². The normalized spacial score (nSPS) is 16.8. The molecule has 0 saturated heterocycles. The first-order valence-corrected chi connectivity index (χ1v) is 6.17. The van der Waals surface area contributed by atoms with Crippen molar-refractivity contribution < 1.29 is 13.2 Å². The van der Waals surface area contributed by atoms with E-state index in [-0.39, 0.29) is 29.6 Å². The second-order valence-corrected chi connectivity index (χ2v) is 5.42. The summed E-state index contributed by atoms with van der Waals surface area (Å²) >= 11 is 0. The van der Waals surface area contributed by atoms with Gasteiger partial charge in [-0.1, -0.05) is 30.3 Å². The molecule has 1 aliphatic carbocycles. The summed E-state index contributed by atoms with van der Waals surface area (Å²) in [6, 6.07) is 9.77. The van der Waals surface area contributed by atoms with Crippen molar-refractivity contribution in [3.63, 3.8) is 0 Å². The molecule has 1 fully saturated rings. The van der Waals surface area contributed by atoms with Crippen LogP contribution < -0.4 is 0 Å². The Labute approximate surface area is 119 Å². The van der Waals surface area contributed by atoms with E-state index in [0.717, 1.165) is 18.4 Å². The molecule has 83 valence electrons. The van der Waals surface area contributed by atoms with Crippen molar-refractivity contribution in [1.82, 2.24) is 0 Å². The third-order valence-electron chi connectivity index (χ3n) is 2.70. The minimum absolute atomic E-state index is 0. The largest absolute Gasteiger partial charge is 0.375 e. The molecule has 0 heterocycles. The molecule has 0 unspecified atom stereocenters. The zero-order valence-corrected chi connectivity index (χ0v) is 12.3. The molecular formula is C11H14NaO3S. The maximum atomic E-state index is 10.9. The molecule has 0 amide bonds. The SMILES string of the molecule is O=[SH](=O)C1(COCc2ccccc2)CC1.[Na]. The van der Waals surface area contributed by atoms with Crippen molar-refractivity contribution in [1.29, 1.82) is 0 Å². The van der Waals surface area contributed by atoms with Gasteiger partial charge < -0.3 is 4.74 Å². The number of benzene rings is 1. The summed E-state index contributed by atoms with van der Waals surface area (Å²) in [6.45, 7) is 0.826. The summed E-state index contributed by atoms with van der Waals surface area (Å²) in [6.07, 6.45) is 1.50. The van der Waals surface area contributed by atoms with Gasteiger partial charge >= 0.3 is 0 Å². The second-order valence-electron chi connectivity index (χ2n) is 3.96. The van der Waals surface area contributed by atoms with Gasteiger partial charge in [-0.2, -0.15) is 0 Å². The monoisotopic (exact) mass is 249 g/mol. The molecule has 3 nitrogen and oxygen atoms in total. The van der Waals surface area contributed by atoms with Gasteiger partial charge in [0.1, 0.15) is 10.7 Å². The summed E-state index contributed by atoms with van der Waals surface area (Å²) in [5.74, 6) is 0. The predicted octanol–water partition coefficient (Wildman–Crippen LogP) is 0.966. The zero-order valence-electron chi connectivity index (χ0n) is 9.39. The van der Waals surface area contributed by atoms with Gasteiger partial charge in [-0.3, -0.25) is 0 Å². The first-order chi connectivity index (χ1) is 7.23. The third kappa shape index (κ3) is 3.57. The Bertz CT molecular complexity index is 391. The van der Waals surface area contributed by atoms with E-state index >= 15 is 0 Å². The van der Waals surface area contributed by atoms with Crippen LogP contribution in [-0.4, -0.2) is 49.3 Å². The van der Waals surface area contributed by atoms with Crippen LogP contribution >= 0.6 is 0 Å². The zero-order chi connectivity index (χ0) is 10.7. The van der Waals surface area contributed by atoms with Crippen LogP contribution in [-0.2, 0) is 22.0 Å². The van der Waals surface area contributed by atoms with Crippen LogP contribution in [0.2, 0.25) is 0 Å². The van der Waals surface area contributed by atoms with Crippen molar-refractivity contribution >= 4 is 40.3 Å². The van der Waals surface area contributed by atoms with Crippen LogP contribution in [0.25, 0.3) is 0 Å². The Kier molecular flexibility index (Phi) is 5.47. The first-order valence-electron chi connectivity index (χ1n) is 4.99. The summed E-state index contributed by atoms with van der Waals surface area (Å²) in [5, 5.41) is 0. The van der Waals surface area contributed by atoms with Crippen molar-refractivity contribution in [2.45, 2.75) is 24.2 Å². The van der Waals surface area contributed by atoms with Gasteiger partial charge in [0.25, 0.3) is 0 Å². The summed E-state index contributed by atoms with van der Waals surface area (Å²) in [4.78, 5) is 0. The fraction of sp³-hybridized carbons (Fsp3) is 0.455. The topological polar surface area (TPSA) is 43.4 Å². The van der Waals surface area contributed by atoms with E-state index in [9.17, 15) is 8.42 Å². The van der Waals surface area contributed by atoms with Crippen molar-refractivity contribution in [3.8, 4) is 0 Å². The predicted molar refractivity (Wildman–Crippen MR) is 64.1 cm³/mol. The minimum atomic E-state index is -2.34. The van der Waals surface area contributed by atoms with Gasteiger partial charge in [-0.25, -0.2) is 8.42 Å². The maximum Gasteiger partial charge on any atom is 0.148 e. The molecule has 5 heteroatoms. The Morgan fingerprint density at radius 3 is 2.31 bits per heavy atom. The van der Waals surface area contributed by atoms with Crippen LogP contribution in [0.1, 0.15) is 18.4 Å². The van der Waals surface area contributed by atoms with Crippen LogP contribution in [0, 0.1) is 0 Å². The van der Waals surface area contributed by atoms with Crippen LogP contribution in [0.4, 0.5) is 0 Å². The fourth-order valence-electron chi connectivity index (χ4n) is 1.46. The molecule has 1 aliphatic rings. The molecule has 1 aromatic carbocycles. The number of hydrogen-bond donors (Lipinski definition) is 1. The van der Waals surface area contributed by atoms with E-state index in [1.807, 2.05) is 30.3 Å². The van der Waals surface area contributed by atoms with E-state index in [1.165, 1.54) is 0 Å². The van der Waals surface area contributed by atoms with E-state index in [2.05, 4.69) is 0 Å². The van der Waals surface area contributed by atoms with Crippen molar-refractivity contribution in [3.05, 3.63) is 35.9 Å². The van der Waals surface area contributed by atoms with Crippen molar-refractivity contribution in [2.24, 2.45) is 0 Å². The molecule has 0 N–H and O–H groups in total. The molecule has 1 aromatic rings. The quantitative estimate of drug-likeness (QED) is 0.624. The Balaban J connectivity index is 0.00000128. The number of hydrogen-bond acceptors (Lipinski definition) is 3. The molecule has 16 heavy (non-hydrogen) atoms. The smallest absolute Gasteiger partial charge is 0.148 e. The molecule has 0 spiro atoms. The molecule has 1 saturated carbocycles. The van der Waals surface area contributed by atoms with Gasteiger partial charge in [0.15, 0.2) is 0 Å². The Morgan fingerprint density at radius 2 is 1.81 bits per heavy atom. The average Bonchev–Trinajstić information content (AvgIpc) is 3.01. The molecule has 0 bridgehead atoms. The maximum absolute atomic E-state index is 10.9. The second kappa shape index (κ2) is 6.17. The van der Waals surface area contributed by atoms with Crippen LogP contribution in [0.15, 0.2) is 30.3 Å². The van der Waals surface area contributed by atoms with Gasteiger partial charge in [-0.05, 0) is 18.4 Å². The van der Waals surface area contributed by atoms with E-state index in [0.29, 0.717) is 13.2 Å². The average molecular weight is 249 g/mol. The minimum Gasteiger partial charge on any atom is -0.375 e. The first kappa shape index (κ1) is 14.2. The molecular weight excluding hydrogens is 235 g/mol. The number of ether oxygens (including phenoxy) is 1. The van der Waals surface area contributed by atoms with Crippen LogP contribution in [0.5, 0.6) is 0 Å². The molecule has 0 aromatic heterocycles. The van der Waals surface area contributed by atoms with E-state index in [1.54, 1.807) is 0 Å². The Hall–Kier alpha value is 0.130. The number of rotatable bonds is 5. The summed E-state index contributed by atoms with van der Waals surface area (Å²) in [7, 11) is -2.34.